The zero-order valence-electron chi connectivity index (χ0n) is 15.2. The van der Waals surface area contributed by atoms with Gasteiger partial charge in [0.1, 0.15) is 0 Å². The molecular weight excluding hydrogens is 344 g/mol. The maximum atomic E-state index is 12.6. The molecule has 6 nitrogen and oxygen atoms in total. The van der Waals surface area contributed by atoms with Crippen LogP contribution in [0, 0.1) is 0 Å². The summed E-state index contributed by atoms with van der Waals surface area (Å²) in [5.41, 5.74) is 3.13. The van der Waals surface area contributed by atoms with E-state index in [0.29, 0.717) is 29.8 Å². The van der Waals surface area contributed by atoms with E-state index >= 15 is 0 Å². The molecule has 2 N–H and O–H groups in total. The van der Waals surface area contributed by atoms with Crippen LogP contribution in [0.15, 0.2) is 42.5 Å². The van der Waals surface area contributed by atoms with E-state index in [1.54, 1.807) is 42.5 Å². The van der Waals surface area contributed by atoms with Crippen molar-refractivity contribution in [2.75, 3.05) is 17.2 Å². The molecule has 0 aliphatic carbocycles. The van der Waals surface area contributed by atoms with E-state index in [4.69, 9.17) is 4.74 Å². The fourth-order valence-electron chi connectivity index (χ4n) is 2.92. The van der Waals surface area contributed by atoms with E-state index in [9.17, 15) is 14.4 Å². The lowest BCUT2D eigenvalue weighted by atomic mass is 10.0. The van der Waals surface area contributed by atoms with Gasteiger partial charge < -0.3 is 15.4 Å². The van der Waals surface area contributed by atoms with Crippen molar-refractivity contribution in [3.63, 3.8) is 0 Å². The van der Waals surface area contributed by atoms with Gasteiger partial charge >= 0.3 is 5.97 Å². The van der Waals surface area contributed by atoms with E-state index in [1.807, 2.05) is 6.92 Å². The first-order valence-corrected chi connectivity index (χ1v) is 9.08. The molecule has 1 heterocycles. The second-order valence-corrected chi connectivity index (χ2v) is 6.44. The molecule has 0 saturated heterocycles. The first-order valence-electron chi connectivity index (χ1n) is 9.08. The average molecular weight is 366 g/mol. The summed E-state index contributed by atoms with van der Waals surface area (Å²) in [7, 11) is 0. The number of aryl methyl sites for hydroxylation is 1. The third-order valence-electron chi connectivity index (χ3n) is 4.28. The molecule has 0 bridgehead atoms. The van der Waals surface area contributed by atoms with Crippen LogP contribution >= 0.6 is 0 Å². The van der Waals surface area contributed by atoms with Crippen LogP contribution in [-0.2, 0) is 16.0 Å². The molecule has 1 aliphatic rings. The van der Waals surface area contributed by atoms with Crippen molar-refractivity contribution in [3.8, 4) is 0 Å². The number of hydrogen-bond acceptors (Lipinski definition) is 4. The van der Waals surface area contributed by atoms with Crippen LogP contribution in [0.4, 0.5) is 11.4 Å². The standard InChI is InChI=1S/C21H22N2O4/c1-2-11-27-21(26)16-6-3-7-17(13-16)22-20(25)15-9-10-18-14(12-15)5-4-8-19(24)23-18/h3,6-7,9-10,12-13H,2,4-5,8,11H2,1H3,(H,22,25)(H,23,24). The van der Waals surface area contributed by atoms with Crippen molar-refractivity contribution in [2.24, 2.45) is 0 Å². The van der Waals surface area contributed by atoms with Crippen LogP contribution in [-0.4, -0.2) is 24.4 Å². The van der Waals surface area contributed by atoms with Gasteiger partial charge in [-0.2, -0.15) is 0 Å². The minimum Gasteiger partial charge on any atom is -0.462 e. The summed E-state index contributed by atoms with van der Waals surface area (Å²) in [6, 6.07) is 11.9. The number of amides is 2. The number of fused-ring (bicyclic) bond motifs is 1. The van der Waals surface area contributed by atoms with Crippen molar-refractivity contribution < 1.29 is 19.1 Å². The average Bonchev–Trinajstić information content (AvgIpc) is 2.86. The highest BCUT2D eigenvalue weighted by atomic mass is 16.5. The first-order chi connectivity index (χ1) is 13.1. The van der Waals surface area contributed by atoms with Gasteiger partial charge in [0.2, 0.25) is 5.91 Å². The molecule has 3 rings (SSSR count). The maximum absolute atomic E-state index is 12.6. The highest BCUT2D eigenvalue weighted by Crippen LogP contribution is 2.24. The highest BCUT2D eigenvalue weighted by Gasteiger charge is 2.16. The molecule has 2 aromatic carbocycles. The van der Waals surface area contributed by atoms with Crippen molar-refractivity contribution in [1.82, 2.24) is 0 Å². The quantitative estimate of drug-likeness (QED) is 0.789. The van der Waals surface area contributed by atoms with E-state index < -0.39 is 5.97 Å². The number of esters is 1. The molecule has 1 aliphatic heterocycles. The van der Waals surface area contributed by atoms with Crippen molar-refractivity contribution in [1.29, 1.82) is 0 Å². The number of carbonyl (C=O) groups excluding carboxylic acids is 3. The molecule has 27 heavy (non-hydrogen) atoms. The van der Waals surface area contributed by atoms with E-state index in [0.717, 1.165) is 30.5 Å². The molecule has 0 unspecified atom stereocenters. The monoisotopic (exact) mass is 366 g/mol. The van der Waals surface area contributed by atoms with Gasteiger partial charge in [0.15, 0.2) is 0 Å². The van der Waals surface area contributed by atoms with Gasteiger partial charge in [0.25, 0.3) is 5.91 Å². The molecular formula is C21H22N2O4. The van der Waals surface area contributed by atoms with Crippen LogP contribution in [0.5, 0.6) is 0 Å². The number of rotatable bonds is 5. The molecule has 0 fully saturated rings. The second-order valence-electron chi connectivity index (χ2n) is 6.44. The molecule has 140 valence electrons. The summed E-state index contributed by atoms with van der Waals surface area (Å²) >= 11 is 0. The smallest absolute Gasteiger partial charge is 0.338 e. The Labute approximate surface area is 157 Å². The normalized spacial score (nSPS) is 13.1. The number of hydrogen-bond donors (Lipinski definition) is 2. The number of anilines is 2. The SMILES string of the molecule is CCCOC(=O)c1cccc(NC(=O)c2ccc3c(c2)CCCC(=O)N3)c1. The van der Waals surface area contributed by atoms with Crippen molar-refractivity contribution in [2.45, 2.75) is 32.6 Å². The number of nitrogens with one attached hydrogen (secondary N) is 2. The van der Waals surface area contributed by atoms with E-state index in [1.165, 1.54) is 0 Å². The first kappa shape index (κ1) is 18.6. The van der Waals surface area contributed by atoms with E-state index in [2.05, 4.69) is 10.6 Å². The zero-order chi connectivity index (χ0) is 19.2. The predicted octanol–water partition coefficient (Wildman–Crippen LogP) is 3.78. The van der Waals surface area contributed by atoms with Gasteiger partial charge in [-0.1, -0.05) is 13.0 Å². The van der Waals surface area contributed by atoms with Crippen LogP contribution in [0.25, 0.3) is 0 Å². The van der Waals surface area contributed by atoms with Crippen molar-refractivity contribution in [3.05, 3.63) is 59.2 Å². The fraction of sp³-hybridized carbons (Fsp3) is 0.286. The lowest BCUT2D eigenvalue weighted by molar-refractivity contribution is -0.116. The molecule has 0 saturated carbocycles. The summed E-state index contributed by atoms with van der Waals surface area (Å²) in [5, 5.41) is 5.66. The Morgan fingerprint density at radius 2 is 1.96 bits per heavy atom. The van der Waals surface area contributed by atoms with Gasteiger partial charge in [-0.05, 0) is 61.2 Å². The fourth-order valence-corrected chi connectivity index (χ4v) is 2.92. The minimum atomic E-state index is -0.409. The number of benzene rings is 2. The van der Waals surface area contributed by atoms with Gasteiger partial charge in [-0.25, -0.2) is 4.79 Å². The zero-order valence-corrected chi connectivity index (χ0v) is 15.2. The summed E-state index contributed by atoms with van der Waals surface area (Å²) in [6.45, 7) is 2.29. The molecule has 0 atom stereocenters. The van der Waals surface area contributed by atoms with Gasteiger partial charge in [-0.3, -0.25) is 9.59 Å². The van der Waals surface area contributed by atoms with Crippen LogP contribution in [0.1, 0.15) is 52.5 Å². The van der Waals surface area contributed by atoms with Gasteiger partial charge in [0.05, 0.1) is 12.2 Å². The van der Waals surface area contributed by atoms with Crippen LogP contribution < -0.4 is 10.6 Å². The maximum Gasteiger partial charge on any atom is 0.338 e. The molecule has 0 aromatic heterocycles. The van der Waals surface area contributed by atoms with Gasteiger partial charge in [-0.15, -0.1) is 0 Å². The second kappa shape index (κ2) is 8.49. The summed E-state index contributed by atoms with van der Waals surface area (Å²) < 4.78 is 5.12. The number of carbonyl (C=O) groups is 3. The third kappa shape index (κ3) is 4.73. The Kier molecular flexibility index (Phi) is 5.86. The highest BCUT2D eigenvalue weighted by molar-refractivity contribution is 6.05. The topological polar surface area (TPSA) is 84.5 Å². The molecule has 0 spiro atoms. The van der Waals surface area contributed by atoms with Crippen molar-refractivity contribution >= 4 is 29.2 Å². The lowest BCUT2D eigenvalue weighted by Crippen LogP contribution is -2.14. The van der Waals surface area contributed by atoms with Gasteiger partial charge in [0, 0.05) is 23.4 Å². The Hall–Kier alpha value is -3.15. The molecule has 2 aromatic rings. The number of ether oxygens (including phenoxy) is 1. The molecule has 6 heteroatoms. The Morgan fingerprint density at radius 1 is 1.11 bits per heavy atom. The summed E-state index contributed by atoms with van der Waals surface area (Å²) in [6.07, 6.45) is 2.73. The lowest BCUT2D eigenvalue weighted by Gasteiger charge is -2.11. The van der Waals surface area contributed by atoms with E-state index in [-0.39, 0.29) is 11.8 Å². The Balaban J connectivity index is 1.73. The summed E-state index contributed by atoms with van der Waals surface area (Å²) in [4.78, 5) is 36.2. The molecule has 2 amide bonds. The minimum absolute atomic E-state index is 0.00211. The Morgan fingerprint density at radius 3 is 2.78 bits per heavy atom. The third-order valence-corrected chi connectivity index (χ3v) is 4.28. The largest absolute Gasteiger partial charge is 0.462 e. The van der Waals surface area contributed by atoms with Crippen LogP contribution in [0.3, 0.4) is 0 Å². The summed E-state index contributed by atoms with van der Waals surface area (Å²) in [5.74, 6) is -0.682. The molecule has 0 radical (unpaired) electrons. The Bertz CT molecular complexity index is 876. The van der Waals surface area contributed by atoms with Crippen LogP contribution in [0.2, 0.25) is 0 Å². The predicted molar refractivity (Wildman–Crippen MR) is 103 cm³/mol.